The van der Waals surface area contributed by atoms with Crippen LogP contribution < -0.4 is 5.32 Å². The van der Waals surface area contributed by atoms with E-state index in [9.17, 15) is 4.79 Å². The Hall–Kier alpha value is -3.15. The number of nitrogens with one attached hydrogen (secondary N) is 2. The highest BCUT2D eigenvalue weighted by Crippen LogP contribution is 2.37. The number of hydrogen-bond donors (Lipinski definition) is 2. The van der Waals surface area contributed by atoms with E-state index >= 15 is 0 Å². The quantitative estimate of drug-likeness (QED) is 0.412. The minimum absolute atomic E-state index is 0.151. The van der Waals surface area contributed by atoms with Crippen LogP contribution in [0.2, 0.25) is 0 Å². The van der Waals surface area contributed by atoms with Crippen LogP contribution in [0.5, 0.6) is 0 Å². The van der Waals surface area contributed by atoms with Crippen LogP contribution in [0, 0.1) is 0 Å². The fourth-order valence-corrected chi connectivity index (χ4v) is 5.94. The number of carbonyl (C=O) groups excluding carboxylic acids is 1. The van der Waals surface area contributed by atoms with Crippen molar-refractivity contribution in [3.05, 3.63) is 83.9 Å². The maximum atomic E-state index is 13.6. The molecule has 35 heavy (non-hydrogen) atoms. The lowest BCUT2D eigenvalue weighted by Gasteiger charge is -2.41. The number of amides is 1. The van der Waals surface area contributed by atoms with E-state index in [1.165, 1.54) is 27.4 Å². The lowest BCUT2D eigenvalue weighted by Crippen LogP contribution is -2.52. The molecule has 0 spiro atoms. The highest BCUT2D eigenvalue weighted by molar-refractivity contribution is 6.07. The molecule has 0 radical (unpaired) electrons. The number of likely N-dealkylation sites (tertiary alicyclic amines) is 1. The first kappa shape index (κ1) is 22.3. The number of aromatic nitrogens is 1. The predicted molar refractivity (Wildman–Crippen MR) is 140 cm³/mol. The van der Waals surface area contributed by atoms with Gasteiger partial charge in [-0.25, -0.2) is 0 Å². The monoisotopic (exact) mass is 467 g/mol. The van der Waals surface area contributed by atoms with Crippen molar-refractivity contribution in [3.8, 4) is 0 Å². The van der Waals surface area contributed by atoms with Crippen LogP contribution in [-0.2, 0) is 21.5 Å². The molecule has 0 saturated carbocycles. The summed E-state index contributed by atoms with van der Waals surface area (Å²) in [5.41, 5.74) is 4.33. The number of nitrogens with zero attached hydrogens (tertiary/aromatic N) is 1. The van der Waals surface area contributed by atoms with Crippen LogP contribution in [0.1, 0.15) is 36.8 Å². The fourth-order valence-electron chi connectivity index (χ4n) is 5.94. The van der Waals surface area contributed by atoms with Crippen LogP contribution in [0.15, 0.2) is 72.8 Å². The third-order valence-electron chi connectivity index (χ3n) is 7.96. The van der Waals surface area contributed by atoms with Crippen LogP contribution >= 0.6 is 0 Å². The number of fused-ring (bicyclic) bond motifs is 3. The van der Waals surface area contributed by atoms with E-state index in [1.807, 2.05) is 18.2 Å². The average molecular weight is 468 g/mol. The van der Waals surface area contributed by atoms with Crippen molar-refractivity contribution in [1.82, 2.24) is 15.2 Å². The Labute approximate surface area is 206 Å². The van der Waals surface area contributed by atoms with Gasteiger partial charge in [0, 0.05) is 41.5 Å². The molecule has 5 nitrogen and oxygen atoms in total. The number of piperidine rings is 1. The molecule has 1 amide bonds. The molecule has 1 aromatic heterocycles. The molecule has 2 aliphatic rings. The molecule has 3 aromatic carbocycles. The number of aromatic amines is 1. The van der Waals surface area contributed by atoms with Gasteiger partial charge in [-0.3, -0.25) is 9.69 Å². The number of H-pyrrole nitrogens is 1. The van der Waals surface area contributed by atoms with Crippen molar-refractivity contribution in [2.24, 2.45) is 0 Å². The second-order valence-electron chi connectivity index (χ2n) is 10.1. The van der Waals surface area contributed by atoms with Crippen molar-refractivity contribution in [2.45, 2.75) is 43.7 Å². The molecule has 0 aliphatic carbocycles. The van der Waals surface area contributed by atoms with E-state index in [1.54, 1.807) is 0 Å². The average Bonchev–Trinajstić information content (AvgIpc) is 3.56. The smallest absolute Gasteiger partial charge is 0.230 e. The van der Waals surface area contributed by atoms with Crippen molar-refractivity contribution >= 4 is 27.7 Å². The second-order valence-corrected chi connectivity index (χ2v) is 10.1. The largest absolute Gasteiger partial charge is 0.376 e. The summed E-state index contributed by atoms with van der Waals surface area (Å²) in [4.78, 5) is 19.6. The van der Waals surface area contributed by atoms with Gasteiger partial charge in [-0.1, -0.05) is 60.7 Å². The molecule has 2 saturated heterocycles. The van der Waals surface area contributed by atoms with E-state index in [4.69, 9.17) is 4.74 Å². The molecule has 1 unspecified atom stereocenters. The van der Waals surface area contributed by atoms with Crippen LogP contribution in [0.25, 0.3) is 21.8 Å². The van der Waals surface area contributed by atoms with Gasteiger partial charge in [0.1, 0.15) is 0 Å². The van der Waals surface area contributed by atoms with Gasteiger partial charge in [0.25, 0.3) is 0 Å². The minimum atomic E-state index is -0.475. The van der Waals surface area contributed by atoms with E-state index < -0.39 is 5.41 Å². The molecule has 1 atom stereocenters. The van der Waals surface area contributed by atoms with Gasteiger partial charge >= 0.3 is 0 Å². The van der Waals surface area contributed by atoms with Crippen molar-refractivity contribution < 1.29 is 9.53 Å². The highest BCUT2D eigenvalue weighted by atomic mass is 16.5. The van der Waals surface area contributed by atoms with Gasteiger partial charge in [0.15, 0.2) is 0 Å². The molecule has 3 heterocycles. The predicted octanol–water partition coefficient (Wildman–Crippen LogP) is 5.15. The molecule has 2 fully saturated rings. The second kappa shape index (κ2) is 9.48. The summed E-state index contributed by atoms with van der Waals surface area (Å²) < 4.78 is 5.74. The van der Waals surface area contributed by atoms with E-state index in [-0.39, 0.29) is 12.0 Å². The molecule has 180 valence electrons. The summed E-state index contributed by atoms with van der Waals surface area (Å²) in [7, 11) is 0. The number of para-hydroxylation sites is 1. The lowest BCUT2D eigenvalue weighted by molar-refractivity contribution is -0.129. The summed E-state index contributed by atoms with van der Waals surface area (Å²) in [6, 6.07) is 25.6. The highest BCUT2D eigenvalue weighted by Gasteiger charge is 2.43. The Morgan fingerprint density at radius 2 is 1.74 bits per heavy atom. The topological polar surface area (TPSA) is 57.4 Å². The van der Waals surface area contributed by atoms with Crippen molar-refractivity contribution in [3.63, 3.8) is 0 Å². The molecule has 2 aliphatic heterocycles. The minimum Gasteiger partial charge on any atom is -0.376 e. The Kier molecular flexibility index (Phi) is 6.05. The third-order valence-corrected chi connectivity index (χ3v) is 7.96. The zero-order chi connectivity index (χ0) is 23.7. The Morgan fingerprint density at radius 1 is 0.971 bits per heavy atom. The molecule has 2 N–H and O–H groups in total. The molecule has 6 rings (SSSR count). The van der Waals surface area contributed by atoms with Crippen molar-refractivity contribution in [1.29, 1.82) is 0 Å². The first-order valence-electron chi connectivity index (χ1n) is 12.9. The van der Waals surface area contributed by atoms with Crippen LogP contribution in [0.4, 0.5) is 0 Å². The van der Waals surface area contributed by atoms with Gasteiger partial charge in [0.05, 0.1) is 11.5 Å². The molecular formula is C30H33N3O2. The maximum absolute atomic E-state index is 13.6. The van der Waals surface area contributed by atoms with Crippen LogP contribution in [0.3, 0.4) is 0 Å². The van der Waals surface area contributed by atoms with E-state index in [0.717, 1.165) is 57.5 Å². The van der Waals surface area contributed by atoms with Gasteiger partial charge in [0.2, 0.25) is 5.91 Å². The first-order valence-corrected chi connectivity index (χ1v) is 12.9. The summed E-state index contributed by atoms with van der Waals surface area (Å²) in [6.07, 6.45) is 3.93. The summed E-state index contributed by atoms with van der Waals surface area (Å²) in [5.74, 6) is 0.151. The molecule has 4 aromatic rings. The van der Waals surface area contributed by atoms with Crippen LogP contribution in [-0.4, -0.2) is 48.1 Å². The molecular weight excluding hydrogens is 434 g/mol. The fraction of sp³-hybridized carbons (Fsp3) is 0.367. The lowest BCUT2D eigenvalue weighted by atomic mass is 9.72. The SMILES string of the molecule is O=C(NCC1CCCO1)C1(c2ccccc2)CCN(Cc2ccc3c(c2)[nH]c2ccccc23)CC1. The normalized spacial score (nSPS) is 20.4. The number of hydrogen-bond acceptors (Lipinski definition) is 3. The Bertz CT molecular complexity index is 1320. The van der Waals surface area contributed by atoms with Crippen molar-refractivity contribution in [2.75, 3.05) is 26.2 Å². The van der Waals surface area contributed by atoms with Gasteiger partial charge in [-0.05, 0) is 62.0 Å². The Morgan fingerprint density at radius 3 is 2.54 bits per heavy atom. The number of benzene rings is 3. The van der Waals surface area contributed by atoms with E-state index in [0.29, 0.717) is 6.54 Å². The zero-order valence-electron chi connectivity index (χ0n) is 20.1. The van der Waals surface area contributed by atoms with Gasteiger partial charge in [-0.2, -0.15) is 0 Å². The molecule has 0 bridgehead atoms. The maximum Gasteiger partial charge on any atom is 0.230 e. The van der Waals surface area contributed by atoms with Gasteiger partial charge in [-0.15, -0.1) is 0 Å². The summed E-state index contributed by atoms with van der Waals surface area (Å²) in [5, 5.41) is 5.79. The number of rotatable bonds is 6. The summed E-state index contributed by atoms with van der Waals surface area (Å²) >= 11 is 0. The standard InChI is InChI=1S/C30H33N3O2/c34-29(31-20-24-9-6-18-35-24)30(23-7-2-1-3-8-23)14-16-33(17-15-30)21-22-12-13-26-25-10-4-5-11-27(25)32-28(26)19-22/h1-5,7-8,10-13,19,24,32H,6,9,14-18,20-21H2,(H,31,34). The van der Waals surface area contributed by atoms with Gasteiger partial charge < -0.3 is 15.0 Å². The molecule has 5 heteroatoms. The zero-order valence-corrected chi connectivity index (χ0v) is 20.1. The number of ether oxygens (including phenoxy) is 1. The third kappa shape index (κ3) is 4.35. The summed E-state index contributed by atoms with van der Waals surface area (Å²) in [6.45, 7) is 4.11. The number of carbonyl (C=O) groups is 1. The van der Waals surface area contributed by atoms with E-state index in [2.05, 4.69) is 69.8 Å². The first-order chi connectivity index (χ1) is 17.2. The Balaban J connectivity index is 1.17.